The number of furan rings is 1. The molecule has 1 atom stereocenters. The van der Waals surface area contributed by atoms with Gasteiger partial charge in [-0.25, -0.2) is 8.78 Å². The van der Waals surface area contributed by atoms with Crippen molar-refractivity contribution in [2.75, 3.05) is 0 Å². The lowest BCUT2D eigenvalue weighted by Gasteiger charge is -2.09. The Hall–Kier alpha value is -1.72. The van der Waals surface area contributed by atoms with E-state index in [4.69, 9.17) is 10.2 Å². The molecule has 21 heavy (non-hydrogen) atoms. The van der Waals surface area contributed by atoms with Crippen molar-refractivity contribution >= 4 is 26.9 Å². The molecule has 0 saturated carbocycles. The third kappa shape index (κ3) is 2.84. The van der Waals surface area contributed by atoms with Crippen LogP contribution < -0.4 is 5.73 Å². The van der Waals surface area contributed by atoms with Gasteiger partial charge in [-0.15, -0.1) is 0 Å². The Morgan fingerprint density at radius 1 is 1.14 bits per heavy atom. The predicted octanol–water partition coefficient (Wildman–Crippen LogP) is 4.72. The topological polar surface area (TPSA) is 39.2 Å². The summed E-state index contributed by atoms with van der Waals surface area (Å²) in [6.07, 6.45) is 0.240. The average molecular weight is 352 g/mol. The van der Waals surface area contributed by atoms with E-state index in [1.165, 1.54) is 12.1 Å². The maximum atomic E-state index is 13.7. The number of para-hydroxylation sites is 1. The third-order valence-corrected chi connectivity index (χ3v) is 3.96. The van der Waals surface area contributed by atoms with Gasteiger partial charge >= 0.3 is 0 Å². The second kappa shape index (κ2) is 5.58. The summed E-state index contributed by atoms with van der Waals surface area (Å²) in [6, 6.07) is 10.5. The standard InChI is InChI=1S/C16H12BrF2NO/c17-12-3-1-2-10-7-15(21-16(10)12)14(20)6-9-4-5-11(18)8-13(9)19/h1-5,7-8,14H,6,20H2. The van der Waals surface area contributed by atoms with Crippen LogP contribution in [0.2, 0.25) is 0 Å². The van der Waals surface area contributed by atoms with Gasteiger partial charge in [-0.1, -0.05) is 18.2 Å². The number of hydrogen-bond acceptors (Lipinski definition) is 2. The van der Waals surface area contributed by atoms with Crippen molar-refractivity contribution in [2.24, 2.45) is 5.73 Å². The van der Waals surface area contributed by atoms with Crippen molar-refractivity contribution in [1.82, 2.24) is 0 Å². The maximum absolute atomic E-state index is 13.7. The normalized spacial score (nSPS) is 12.8. The fourth-order valence-electron chi connectivity index (χ4n) is 2.25. The van der Waals surface area contributed by atoms with Gasteiger partial charge in [0.15, 0.2) is 0 Å². The lowest BCUT2D eigenvalue weighted by atomic mass is 10.0. The first-order chi connectivity index (χ1) is 10.0. The summed E-state index contributed by atoms with van der Waals surface area (Å²) in [5.74, 6) is -0.624. The highest BCUT2D eigenvalue weighted by molar-refractivity contribution is 9.10. The number of fused-ring (bicyclic) bond motifs is 1. The molecule has 0 fully saturated rings. The van der Waals surface area contributed by atoms with E-state index in [0.29, 0.717) is 16.9 Å². The van der Waals surface area contributed by atoms with E-state index in [1.807, 2.05) is 24.3 Å². The molecule has 3 rings (SSSR count). The minimum absolute atomic E-state index is 0.240. The fourth-order valence-corrected chi connectivity index (χ4v) is 2.72. The highest BCUT2D eigenvalue weighted by Gasteiger charge is 2.16. The van der Waals surface area contributed by atoms with Gasteiger partial charge in [0.25, 0.3) is 0 Å². The second-order valence-electron chi connectivity index (χ2n) is 4.85. The van der Waals surface area contributed by atoms with Gasteiger partial charge in [-0.2, -0.15) is 0 Å². The number of halogens is 3. The van der Waals surface area contributed by atoms with Crippen LogP contribution in [0, 0.1) is 11.6 Å². The van der Waals surface area contributed by atoms with Gasteiger partial charge in [-0.05, 0) is 46.1 Å². The summed E-state index contributed by atoms with van der Waals surface area (Å²) in [7, 11) is 0. The average Bonchev–Trinajstić information content (AvgIpc) is 2.87. The Morgan fingerprint density at radius 3 is 2.67 bits per heavy atom. The van der Waals surface area contributed by atoms with Crippen LogP contribution in [-0.4, -0.2) is 0 Å². The van der Waals surface area contributed by atoms with Crippen LogP contribution in [0.5, 0.6) is 0 Å². The third-order valence-electron chi connectivity index (χ3n) is 3.34. The molecule has 108 valence electrons. The first-order valence-electron chi connectivity index (χ1n) is 6.42. The van der Waals surface area contributed by atoms with Gasteiger partial charge in [0.1, 0.15) is 23.0 Å². The lowest BCUT2D eigenvalue weighted by Crippen LogP contribution is -2.13. The molecule has 3 aromatic rings. The molecule has 0 bridgehead atoms. The zero-order valence-electron chi connectivity index (χ0n) is 10.9. The molecule has 1 unspecified atom stereocenters. The second-order valence-corrected chi connectivity index (χ2v) is 5.71. The van der Waals surface area contributed by atoms with Gasteiger partial charge in [-0.3, -0.25) is 0 Å². The van der Waals surface area contributed by atoms with Crippen LogP contribution in [0.3, 0.4) is 0 Å². The molecule has 1 heterocycles. The summed E-state index contributed by atoms with van der Waals surface area (Å²) >= 11 is 3.41. The van der Waals surface area contributed by atoms with Gasteiger partial charge in [0.05, 0.1) is 10.5 Å². The van der Waals surface area contributed by atoms with E-state index in [1.54, 1.807) is 0 Å². The maximum Gasteiger partial charge on any atom is 0.148 e. The molecule has 0 aliphatic rings. The SMILES string of the molecule is NC(Cc1ccc(F)cc1F)c1cc2cccc(Br)c2o1. The fraction of sp³-hybridized carbons (Fsp3) is 0.125. The van der Waals surface area contributed by atoms with Gasteiger partial charge < -0.3 is 10.2 Å². The molecular weight excluding hydrogens is 340 g/mol. The molecule has 1 aromatic heterocycles. The van der Waals surface area contributed by atoms with Crippen LogP contribution in [0.25, 0.3) is 11.0 Å². The van der Waals surface area contributed by atoms with Crippen molar-refractivity contribution in [1.29, 1.82) is 0 Å². The zero-order chi connectivity index (χ0) is 15.0. The molecule has 0 saturated heterocycles. The largest absolute Gasteiger partial charge is 0.458 e. The van der Waals surface area contributed by atoms with E-state index in [0.717, 1.165) is 15.9 Å². The van der Waals surface area contributed by atoms with Gasteiger partial charge in [0.2, 0.25) is 0 Å². The molecule has 0 aliphatic carbocycles. The van der Waals surface area contributed by atoms with Crippen molar-refractivity contribution in [3.63, 3.8) is 0 Å². The summed E-state index contributed by atoms with van der Waals surface area (Å²) in [4.78, 5) is 0. The lowest BCUT2D eigenvalue weighted by molar-refractivity contribution is 0.485. The molecule has 0 radical (unpaired) electrons. The van der Waals surface area contributed by atoms with Crippen LogP contribution in [0.4, 0.5) is 8.78 Å². The summed E-state index contributed by atoms with van der Waals surface area (Å²) < 4.78 is 33.1. The molecule has 5 heteroatoms. The Bertz CT molecular complexity index is 800. The Labute approximate surface area is 128 Å². The minimum Gasteiger partial charge on any atom is -0.458 e. The van der Waals surface area contributed by atoms with Crippen LogP contribution in [0.1, 0.15) is 17.4 Å². The van der Waals surface area contributed by atoms with E-state index in [-0.39, 0.29) is 6.42 Å². The first-order valence-corrected chi connectivity index (χ1v) is 7.21. The van der Waals surface area contributed by atoms with E-state index in [2.05, 4.69) is 15.9 Å². The van der Waals surface area contributed by atoms with Crippen molar-refractivity contribution in [3.05, 3.63) is 69.9 Å². The van der Waals surface area contributed by atoms with Crippen molar-refractivity contribution in [3.8, 4) is 0 Å². The van der Waals surface area contributed by atoms with Crippen LogP contribution in [0.15, 0.2) is 51.4 Å². The number of benzene rings is 2. The smallest absolute Gasteiger partial charge is 0.148 e. The number of nitrogens with two attached hydrogens (primary N) is 1. The zero-order valence-corrected chi connectivity index (χ0v) is 12.5. The van der Waals surface area contributed by atoms with Gasteiger partial charge in [0, 0.05) is 11.5 Å². The van der Waals surface area contributed by atoms with E-state index < -0.39 is 17.7 Å². The van der Waals surface area contributed by atoms with Crippen LogP contribution >= 0.6 is 15.9 Å². The quantitative estimate of drug-likeness (QED) is 0.741. The Kier molecular flexibility index (Phi) is 3.78. The molecule has 0 spiro atoms. The predicted molar refractivity (Wildman–Crippen MR) is 80.9 cm³/mol. The number of hydrogen-bond donors (Lipinski definition) is 1. The molecule has 0 aliphatic heterocycles. The monoisotopic (exact) mass is 351 g/mol. The molecule has 2 nitrogen and oxygen atoms in total. The highest BCUT2D eigenvalue weighted by Crippen LogP contribution is 2.30. The Morgan fingerprint density at radius 2 is 1.95 bits per heavy atom. The number of rotatable bonds is 3. The van der Waals surface area contributed by atoms with E-state index in [9.17, 15) is 8.78 Å². The van der Waals surface area contributed by atoms with Crippen LogP contribution in [-0.2, 0) is 6.42 Å². The minimum atomic E-state index is -0.600. The first kappa shape index (κ1) is 14.2. The summed E-state index contributed by atoms with van der Waals surface area (Å²) in [6.45, 7) is 0. The molecule has 0 amide bonds. The molecular formula is C16H12BrF2NO. The summed E-state index contributed by atoms with van der Waals surface area (Å²) in [5.41, 5.74) is 7.15. The highest BCUT2D eigenvalue weighted by atomic mass is 79.9. The Balaban J connectivity index is 1.90. The van der Waals surface area contributed by atoms with Crippen molar-refractivity contribution < 1.29 is 13.2 Å². The van der Waals surface area contributed by atoms with Crippen molar-refractivity contribution in [2.45, 2.75) is 12.5 Å². The summed E-state index contributed by atoms with van der Waals surface area (Å²) in [5, 5.41) is 0.925. The molecule has 2 aromatic carbocycles. The molecule has 2 N–H and O–H groups in total. The van der Waals surface area contributed by atoms with E-state index >= 15 is 0 Å².